The van der Waals surface area contributed by atoms with Crippen LogP contribution >= 0.6 is 0 Å². The van der Waals surface area contributed by atoms with E-state index >= 15 is 0 Å². The zero-order valence-corrected chi connectivity index (χ0v) is 7.47. The van der Waals surface area contributed by atoms with E-state index in [4.69, 9.17) is 0 Å². The average Bonchev–Trinajstić information content (AvgIpc) is 2.04. The van der Waals surface area contributed by atoms with Crippen molar-refractivity contribution in [3.05, 3.63) is 0 Å². The summed E-state index contributed by atoms with van der Waals surface area (Å²) in [4.78, 5) is 0. The number of piperidine rings is 1. The predicted octanol–water partition coefficient (Wildman–Crippen LogP) is 2.32. The molecule has 0 amide bonds. The van der Waals surface area contributed by atoms with Crippen LogP contribution in [-0.4, -0.2) is 12.1 Å². The molecule has 1 heterocycles. The van der Waals surface area contributed by atoms with Gasteiger partial charge in [0, 0.05) is 12.1 Å². The monoisotopic (exact) mass is 153 g/mol. The predicted molar refractivity (Wildman–Crippen MR) is 47.6 cm³/mol. The lowest BCUT2D eigenvalue weighted by Crippen LogP contribution is -2.47. The molecule has 1 saturated carbocycles. The van der Waals surface area contributed by atoms with E-state index in [1.54, 1.807) is 0 Å². The molecule has 1 N–H and O–H groups in total. The normalized spacial score (nSPS) is 45.0. The van der Waals surface area contributed by atoms with E-state index in [1.807, 2.05) is 0 Å². The minimum absolute atomic E-state index is 0.786. The fraction of sp³-hybridized carbons (Fsp3) is 1.00. The summed E-state index contributed by atoms with van der Waals surface area (Å²) >= 11 is 0. The second-order valence-electron chi connectivity index (χ2n) is 4.30. The Morgan fingerprint density at radius 2 is 1.82 bits per heavy atom. The highest BCUT2D eigenvalue weighted by molar-refractivity contribution is 4.87. The molecule has 2 aliphatic rings. The summed E-state index contributed by atoms with van der Waals surface area (Å²) in [7, 11) is 0. The average molecular weight is 153 g/mol. The summed E-state index contributed by atoms with van der Waals surface area (Å²) in [6.45, 7) is 2.32. The molecule has 2 fully saturated rings. The molecule has 1 heteroatoms. The van der Waals surface area contributed by atoms with Crippen LogP contribution in [0.3, 0.4) is 0 Å². The molecule has 0 radical (unpaired) electrons. The van der Waals surface area contributed by atoms with Gasteiger partial charge < -0.3 is 5.32 Å². The zero-order chi connectivity index (χ0) is 7.68. The van der Waals surface area contributed by atoms with Crippen molar-refractivity contribution in [2.24, 2.45) is 5.92 Å². The SMILES string of the molecule is C[C@H]1CC[C@H]2CCCC[C@H]2N1. The largest absolute Gasteiger partial charge is 0.311 e. The minimum Gasteiger partial charge on any atom is -0.311 e. The first-order valence-electron chi connectivity index (χ1n) is 5.12. The van der Waals surface area contributed by atoms with Crippen molar-refractivity contribution in [3.8, 4) is 0 Å². The van der Waals surface area contributed by atoms with Crippen molar-refractivity contribution < 1.29 is 0 Å². The van der Waals surface area contributed by atoms with Crippen molar-refractivity contribution in [1.82, 2.24) is 5.32 Å². The quantitative estimate of drug-likeness (QED) is 0.563. The first kappa shape index (κ1) is 7.60. The Morgan fingerprint density at radius 3 is 2.73 bits per heavy atom. The lowest BCUT2D eigenvalue weighted by molar-refractivity contribution is 0.182. The van der Waals surface area contributed by atoms with E-state index in [0.29, 0.717) is 0 Å². The molecule has 0 aromatic heterocycles. The summed E-state index contributed by atoms with van der Waals surface area (Å²) < 4.78 is 0. The topological polar surface area (TPSA) is 12.0 Å². The molecule has 1 saturated heterocycles. The van der Waals surface area contributed by atoms with Crippen LogP contribution in [0.25, 0.3) is 0 Å². The first-order valence-corrected chi connectivity index (χ1v) is 5.12. The van der Waals surface area contributed by atoms with Gasteiger partial charge in [-0.3, -0.25) is 0 Å². The second kappa shape index (κ2) is 3.14. The molecule has 1 aliphatic carbocycles. The number of nitrogens with one attached hydrogen (secondary N) is 1. The van der Waals surface area contributed by atoms with Crippen molar-refractivity contribution in [2.45, 2.75) is 57.5 Å². The van der Waals surface area contributed by atoms with Crippen LogP contribution in [0.15, 0.2) is 0 Å². The first-order chi connectivity index (χ1) is 5.36. The molecule has 0 aromatic carbocycles. The summed E-state index contributed by atoms with van der Waals surface area (Å²) in [5.41, 5.74) is 0. The van der Waals surface area contributed by atoms with Gasteiger partial charge in [0.15, 0.2) is 0 Å². The van der Waals surface area contributed by atoms with Gasteiger partial charge in [0.05, 0.1) is 0 Å². The molecule has 0 spiro atoms. The zero-order valence-electron chi connectivity index (χ0n) is 7.47. The van der Waals surface area contributed by atoms with Crippen molar-refractivity contribution in [3.63, 3.8) is 0 Å². The van der Waals surface area contributed by atoms with E-state index in [-0.39, 0.29) is 0 Å². The van der Waals surface area contributed by atoms with Crippen molar-refractivity contribution in [1.29, 1.82) is 0 Å². The molecule has 0 unspecified atom stereocenters. The highest BCUT2D eigenvalue weighted by Crippen LogP contribution is 2.31. The number of fused-ring (bicyclic) bond motifs is 1. The van der Waals surface area contributed by atoms with Crippen LogP contribution in [0.5, 0.6) is 0 Å². The van der Waals surface area contributed by atoms with Gasteiger partial charge in [-0.25, -0.2) is 0 Å². The standard InChI is InChI=1S/C10H19N/c1-8-6-7-9-4-2-3-5-10(9)11-8/h8-11H,2-7H2,1H3/t8-,9+,10+/m0/s1. The lowest BCUT2D eigenvalue weighted by atomic mass is 9.78. The van der Waals surface area contributed by atoms with Gasteiger partial charge in [0.25, 0.3) is 0 Å². The van der Waals surface area contributed by atoms with Crippen LogP contribution in [0.4, 0.5) is 0 Å². The Labute approximate surface area is 69.6 Å². The van der Waals surface area contributed by atoms with Crippen LogP contribution in [0, 0.1) is 5.92 Å². The Balaban J connectivity index is 1.93. The third kappa shape index (κ3) is 1.58. The van der Waals surface area contributed by atoms with E-state index < -0.39 is 0 Å². The summed E-state index contributed by atoms with van der Waals surface area (Å²) in [6, 6.07) is 1.67. The number of hydrogen-bond acceptors (Lipinski definition) is 1. The fourth-order valence-corrected chi connectivity index (χ4v) is 2.69. The Kier molecular flexibility index (Phi) is 2.17. The van der Waals surface area contributed by atoms with Gasteiger partial charge in [-0.1, -0.05) is 12.8 Å². The maximum absolute atomic E-state index is 3.72. The third-order valence-corrected chi connectivity index (χ3v) is 3.38. The van der Waals surface area contributed by atoms with Gasteiger partial charge in [0.1, 0.15) is 0 Å². The fourth-order valence-electron chi connectivity index (χ4n) is 2.69. The molecule has 1 nitrogen and oxygen atoms in total. The molecule has 11 heavy (non-hydrogen) atoms. The smallest absolute Gasteiger partial charge is 0.00978 e. The van der Waals surface area contributed by atoms with Gasteiger partial charge in [-0.2, -0.15) is 0 Å². The van der Waals surface area contributed by atoms with Crippen LogP contribution in [0.2, 0.25) is 0 Å². The van der Waals surface area contributed by atoms with Gasteiger partial charge >= 0.3 is 0 Å². The highest BCUT2D eigenvalue weighted by Gasteiger charge is 2.29. The number of rotatable bonds is 0. The molecule has 0 aromatic rings. The Morgan fingerprint density at radius 1 is 1.00 bits per heavy atom. The van der Waals surface area contributed by atoms with E-state index in [0.717, 1.165) is 18.0 Å². The lowest BCUT2D eigenvalue weighted by Gasteiger charge is -2.39. The molecule has 2 rings (SSSR count). The van der Waals surface area contributed by atoms with Gasteiger partial charge in [-0.15, -0.1) is 0 Å². The van der Waals surface area contributed by atoms with E-state index in [1.165, 1.54) is 38.5 Å². The molecule has 64 valence electrons. The molecule has 1 aliphatic heterocycles. The maximum Gasteiger partial charge on any atom is 0.00978 e. The minimum atomic E-state index is 0.786. The Bertz CT molecular complexity index is 133. The molecule has 3 atom stereocenters. The van der Waals surface area contributed by atoms with Crippen molar-refractivity contribution >= 4 is 0 Å². The van der Waals surface area contributed by atoms with Crippen molar-refractivity contribution in [2.75, 3.05) is 0 Å². The molecular weight excluding hydrogens is 134 g/mol. The summed E-state index contributed by atoms with van der Waals surface area (Å²) in [5.74, 6) is 1.03. The van der Waals surface area contributed by atoms with Gasteiger partial charge in [-0.05, 0) is 38.5 Å². The molecular formula is C10H19N. The van der Waals surface area contributed by atoms with Crippen LogP contribution in [0.1, 0.15) is 45.4 Å². The second-order valence-corrected chi connectivity index (χ2v) is 4.30. The highest BCUT2D eigenvalue weighted by atomic mass is 15.0. The Hall–Kier alpha value is -0.0400. The van der Waals surface area contributed by atoms with E-state index in [9.17, 15) is 0 Å². The number of hydrogen-bond donors (Lipinski definition) is 1. The summed E-state index contributed by atoms with van der Waals surface area (Å²) in [6.07, 6.45) is 8.76. The van der Waals surface area contributed by atoms with Gasteiger partial charge in [0.2, 0.25) is 0 Å². The summed E-state index contributed by atoms with van der Waals surface area (Å²) in [5, 5.41) is 3.72. The maximum atomic E-state index is 3.72. The third-order valence-electron chi connectivity index (χ3n) is 3.38. The van der Waals surface area contributed by atoms with E-state index in [2.05, 4.69) is 12.2 Å². The van der Waals surface area contributed by atoms with Crippen LogP contribution in [-0.2, 0) is 0 Å². The van der Waals surface area contributed by atoms with Crippen LogP contribution < -0.4 is 5.32 Å². The molecule has 0 bridgehead atoms.